The van der Waals surface area contributed by atoms with E-state index in [1.54, 1.807) is 24.3 Å². The molecule has 35 heavy (non-hydrogen) atoms. The second-order valence-electron chi connectivity index (χ2n) is 7.93. The van der Waals surface area contributed by atoms with Crippen LogP contribution in [0.25, 0.3) is 0 Å². The molecule has 0 fully saturated rings. The van der Waals surface area contributed by atoms with Crippen LogP contribution in [0.2, 0.25) is 0 Å². The van der Waals surface area contributed by atoms with Crippen molar-refractivity contribution < 1.29 is 26.4 Å². The third kappa shape index (κ3) is 6.38. The lowest BCUT2D eigenvalue weighted by atomic mass is 10.0. The molecule has 0 aliphatic carbocycles. The number of amides is 1. The molecule has 0 saturated carbocycles. The van der Waals surface area contributed by atoms with Crippen molar-refractivity contribution >= 4 is 44.8 Å². The number of rotatable bonds is 7. The summed E-state index contributed by atoms with van der Waals surface area (Å²) in [4.78, 5) is 19.4. The van der Waals surface area contributed by atoms with Crippen molar-refractivity contribution in [2.45, 2.75) is 25.6 Å². The van der Waals surface area contributed by atoms with Gasteiger partial charge in [-0.25, -0.2) is 13.4 Å². The number of nitrogens with zero attached hydrogens (tertiary/aromatic N) is 2. The largest absolute Gasteiger partial charge is 0.421 e. The molecule has 1 aromatic heterocycles. The number of nitrogens with one attached hydrogen (secondary N) is 4. The highest BCUT2D eigenvalue weighted by Crippen LogP contribution is 2.35. The molecular formula is C22H21F3N6O3S. The minimum absolute atomic E-state index is 0.0519. The maximum atomic E-state index is 13.6. The lowest BCUT2D eigenvalue weighted by molar-refractivity contribution is -0.137. The van der Waals surface area contributed by atoms with Crippen LogP contribution in [-0.4, -0.2) is 30.5 Å². The molecular weight excluding hydrogens is 485 g/mol. The van der Waals surface area contributed by atoms with E-state index in [4.69, 9.17) is 0 Å². The molecule has 1 amide bonds. The fourth-order valence-corrected chi connectivity index (χ4v) is 4.06. The minimum Gasteiger partial charge on any atom is -0.365 e. The fourth-order valence-electron chi connectivity index (χ4n) is 3.51. The van der Waals surface area contributed by atoms with Gasteiger partial charge in [-0.15, -0.1) is 0 Å². The standard InChI is InChI=1S/C22H21F3N6O3S/c1-35(33,34)31-16-4-2-3-13(9-16)11-26-20-17(22(23,24)25)12-27-21(30-20)28-15-7-5-14-6-8-19(32)29-18(14)10-15/h2-5,7,9-10,12,31H,6,8,11H2,1H3,(H,29,32)(H2,26,27,28,30). The molecule has 2 heterocycles. The Morgan fingerprint density at radius 1 is 1.09 bits per heavy atom. The molecule has 4 N–H and O–H groups in total. The number of aromatic nitrogens is 2. The van der Waals surface area contributed by atoms with Gasteiger partial charge in [-0.1, -0.05) is 18.2 Å². The summed E-state index contributed by atoms with van der Waals surface area (Å²) in [7, 11) is -3.50. The number of aryl methyl sites for hydroxylation is 1. The molecule has 184 valence electrons. The van der Waals surface area contributed by atoms with Crippen LogP contribution < -0.4 is 20.7 Å². The first-order valence-electron chi connectivity index (χ1n) is 10.4. The highest BCUT2D eigenvalue weighted by molar-refractivity contribution is 7.92. The third-order valence-electron chi connectivity index (χ3n) is 5.05. The number of hydrogen-bond donors (Lipinski definition) is 4. The van der Waals surface area contributed by atoms with E-state index in [-0.39, 0.29) is 24.1 Å². The van der Waals surface area contributed by atoms with Crippen LogP contribution in [0.1, 0.15) is 23.1 Å². The smallest absolute Gasteiger partial charge is 0.365 e. The number of alkyl halides is 3. The first-order chi connectivity index (χ1) is 16.5. The lowest BCUT2D eigenvalue weighted by Crippen LogP contribution is -2.19. The second-order valence-corrected chi connectivity index (χ2v) is 9.68. The molecule has 4 rings (SSSR count). The van der Waals surface area contributed by atoms with E-state index >= 15 is 0 Å². The van der Waals surface area contributed by atoms with Gasteiger partial charge in [0.25, 0.3) is 0 Å². The van der Waals surface area contributed by atoms with Crippen molar-refractivity contribution in [1.29, 1.82) is 0 Å². The van der Waals surface area contributed by atoms with Gasteiger partial charge in [-0.05, 0) is 41.8 Å². The van der Waals surface area contributed by atoms with Crippen LogP contribution in [0.3, 0.4) is 0 Å². The normalized spacial score (nSPS) is 13.5. The van der Waals surface area contributed by atoms with Crippen LogP contribution in [-0.2, 0) is 34.0 Å². The van der Waals surface area contributed by atoms with Crippen molar-refractivity contribution in [3.8, 4) is 0 Å². The average Bonchev–Trinajstić information content (AvgIpc) is 2.76. The van der Waals surface area contributed by atoms with Gasteiger partial charge in [0.1, 0.15) is 11.4 Å². The Hall–Kier alpha value is -3.87. The number of hydrogen-bond acceptors (Lipinski definition) is 7. The molecule has 0 bridgehead atoms. The van der Waals surface area contributed by atoms with Gasteiger partial charge in [-0.2, -0.15) is 18.2 Å². The monoisotopic (exact) mass is 506 g/mol. The molecule has 2 aromatic carbocycles. The summed E-state index contributed by atoms with van der Waals surface area (Å²) in [6, 6.07) is 11.5. The number of sulfonamides is 1. The van der Waals surface area contributed by atoms with E-state index in [1.165, 1.54) is 12.1 Å². The lowest BCUT2D eigenvalue weighted by Gasteiger charge is -2.18. The summed E-state index contributed by atoms with van der Waals surface area (Å²) in [5.74, 6) is -0.625. The van der Waals surface area contributed by atoms with Gasteiger partial charge in [0, 0.05) is 36.2 Å². The van der Waals surface area contributed by atoms with Crippen molar-refractivity contribution in [3.63, 3.8) is 0 Å². The average molecular weight is 507 g/mol. The van der Waals surface area contributed by atoms with E-state index < -0.39 is 27.6 Å². The number of halogens is 3. The van der Waals surface area contributed by atoms with Gasteiger partial charge in [0.15, 0.2) is 0 Å². The number of fused-ring (bicyclic) bond motifs is 1. The van der Waals surface area contributed by atoms with E-state index in [9.17, 15) is 26.4 Å². The molecule has 1 aliphatic heterocycles. The fraction of sp³-hybridized carbons (Fsp3) is 0.227. The van der Waals surface area contributed by atoms with Gasteiger partial charge in [-0.3, -0.25) is 9.52 Å². The van der Waals surface area contributed by atoms with Crippen LogP contribution in [0.5, 0.6) is 0 Å². The van der Waals surface area contributed by atoms with E-state index in [1.807, 2.05) is 6.07 Å². The minimum atomic E-state index is -4.70. The zero-order valence-corrected chi connectivity index (χ0v) is 19.2. The number of benzene rings is 2. The maximum absolute atomic E-state index is 13.6. The molecule has 0 atom stereocenters. The Morgan fingerprint density at radius 3 is 2.63 bits per heavy atom. The Kier molecular flexibility index (Phi) is 6.52. The summed E-state index contributed by atoms with van der Waals surface area (Å²) in [6.45, 7) is -0.0519. The maximum Gasteiger partial charge on any atom is 0.421 e. The van der Waals surface area contributed by atoms with Crippen molar-refractivity contribution in [2.75, 3.05) is 26.9 Å². The highest BCUT2D eigenvalue weighted by Gasteiger charge is 2.35. The summed E-state index contributed by atoms with van der Waals surface area (Å²) >= 11 is 0. The van der Waals surface area contributed by atoms with Gasteiger partial charge in [0.2, 0.25) is 21.9 Å². The number of anilines is 5. The molecule has 0 spiro atoms. The van der Waals surface area contributed by atoms with Crippen LogP contribution in [0, 0.1) is 0 Å². The SMILES string of the molecule is CS(=O)(=O)Nc1cccc(CNc2nc(Nc3ccc4c(c3)NC(=O)CC4)ncc2C(F)(F)F)c1. The van der Waals surface area contributed by atoms with Gasteiger partial charge >= 0.3 is 6.18 Å². The molecule has 1 aliphatic rings. The van der Waals surface area contributed by atoms with E-state index in [0.717, 1.165) is 11.8 Å². The van der Waals surface area contributed by atoms with Crippen LogP contribution >= 0.6 is 0 Å². The predicted molar refractivity (Wildman–Crippen MR) is 126 cm³/mol. The zero-order chi connectivity index (χ0) is 25.2. The predicted octanol–water partition coefficient (Wildman–Crippen LogP) is 4.11. The summed E-state index contributed by atoms with van der Waals surface area (Å²) < 4.78 is 65.8. The summed E-state index contributed by atoms with van der Waals surface area (Å²) in [5, 5.41) is 8.29. The van der Waals surface area contributed by atoms with Crippen molar-refractivity contribution in [3.05, 3.63) is 65.4 Å². The molecule has 9 nitrogen and oxygen atoms in total. The molecule has 0 radical (unpaired) electrons. The first-order valence-corrected chi connectivity index (χ1v) is 12.3. The zero-order valence-electron chi connectivity index (χ0n) is 18.4. The van der Waals surface area contributed by atoms with E-state index in [2.05, 4.69) is 30.6 Å². The Labute approximate surface area is 199 Å². The first kappa shape index (κ1) is 24.3. The van der Waals surface area contributed by atoms with Crippen molar-refractivity contribution in [2.24, 2.45) is 0 Å². The van der Waals surface area contributed by atoms with Gasteiger partial charge in [0.05, 0.1) is 6.26 Å². The molecule has 13 heteroatoms. The topological polar surface area (TPSA) is 125 Å². The van der Waals surface area contributed by atoms with Gasteiger partial charge < -0.3 is 16.0 Å². The number of carbonyl (C=O) groups excluding carboxylic acids is 1. The van der Waals surface area contributed by atoms with Crippen molar-refractivity contribution in [1.82, 2.24) is 9.97 Å². The highest BCUT2D eigenvalue weighted by atomic mass is 32.2. The Balaban J connectivity index is 1.56. The Bertz CT molecular complexity index is 1380. The molecule has 0 unspecified atom stereocenters. The van der Waals surface area contributed by atoms with E-state index in [0.29, 0.717) is 36.0 Å². The quantitative estimate of drug-likeness (QED) is 0.380. The summed E-state index contributed by atoms with van der Waals surface area (Å²) in [6.07, 6.45) is -2.02. The molecule has 3 aromatic rings. The summed E-state index contributed by atoms with van der Waals surface area (Å²) in [5.41, 5.74) is 1.85. The second kappa shape index (κ2) is 9.41. The number of carbonyl (C=O) groups is 1. The molecule has 0 saturated heterocycles. The third-order valence-corrected chi connectivity index (χ3v) is 5.65. The van der Waals surface area contributed by atoms with Crippen LogP contribution in [0.4, 0.5) is 42.0 Å². The Morgan fingerprint density at radius 2 is 1.89 bits per heavy atom. The van der Waals surface area contributed by atoms with Crippen LogP contribution in [0.15, 0.2) is 48.7 Å².